The van der Waals surface area contributed by atoms with Crippen LogP contribution in [0.3, 0.4) is 0 Å². The van der Waals surface area contributed by atoms with Crippen molar-refractivity contribution in [2.75, 3.05) is 18.5 Å². The normalized spacial score (nSPS) is 12.9. The van der Waals surface area contributed by atoms with Gasteiger partial charge in [-0.25, -0.2) is 9.97 Å². The molecule has 0 bridgehead atoms. The van der Waals surface area contributed by atoms with Crippen molar-refractivity contribution < 1.29 is 13.9 Å². The molecule has 4 aromatic rings. The summed E-state index contributed by atoms with van der Waals surface area (Å²) in [5.41, 5.74) is 1.71. The molecule has 6 heteroatoms. The molecular formula is C20H15N3O3. The van der Waals surface area contributed by atoms with Gasteiger partial charge in [-0.1, -0.05) is 12.1 Å². The highest BCUT2D eigenvalue weighted by Gasteiger charge is 2.14. The van der Waals surface area contributed by atoms with E-state index in [0.29, 0.717) is 30.6 Å². The number of aromatic nitrogens is 2. The zero-order chi connectivity index (χ0) is 17.3. The summed E-state index contributed by atoms with van der Waals surface area (Å²) in [6.45, 7) is 1.12. The van der Waals surface area contributed by atoms with Gasteiger partial charge in [-0.15, -0.1) is 0 Å². The summed E-state index contributed by atoms with van der Waals surface area (Å²) in [5, 5.41) is 4.30. The Morgan fingerprint density at radius 2 is 1.73 bits per heavy atom. The lowest BCUT2D eigenvalue weighted by molar-refractivity contribution is 0.171. The fraction of sp³-hybridized carbons (Fsp3) is 0.100. The zero-order valence-electron chi connectivity index (χ0n) is 13.8. The van der Waals surface area contributed by atoms with E-state index in [1.54, 1.807) is 6.26 Å². The Hall–Kier alpha value is -3.54. The van der Waals surface area contributed by atoms with E-state index < -0.39 is 0 Å². The molecule has 1 N–H and O–H groups in total. The average Bonchev–Trinajstić information content (AvgIpc) is 3.23. The van der Waals surface area contributed by atoms with Crippen molar-refractivity contribution >= 4 is 22.4 Å². The largest absolute Gasteiger partial charge is 0.486 e. The lowest BCUT2D eigenvalue weighted by Gasteiger charge is -2.19. The van der Waals surface area contributed by atoms with Crippen molar-refractivity contribution in [2.45, 2.75) is 0 Å². The van der Waals surface area contributed by atoms with E-state index in [-0.39, 0.29) is 0 Å². The highest BCUT2D eigenvalue weighted by atomic mass is 16.6. The summed E-state index contributed by atoms with van der Waals surface area (Å²) in [4.78, 5) is 9.26. The fourth-order valence-corrected chi connectivity index (χ4v) is 2.95. The molecule has 0 spiro atoms. The van der Waals surface area contributed by atoms with Crippen molar-refractivity contribution in [3.63, 3.8) is 0 Å². The van der Waals surface area contributed by atoms with Gasteiger partial charge in [0.1, 0.15) is 19.0 Å². The zero-order valence-corrected chi connectivity index (χ0v) is 13.8. The standard InChI is InChI=1S/C20H15N3O3/c1-2-5-15-14(4-1)19(23-20(22-15)17-6-3-9-24-17)21-13-7-8-16-18(12-13)26-11-10-25-16/h1-9,12H,10-11H2,(H,21,22,23). The maximum Gasteiger partial charge on any atom is 0.198 e. The van der Waals surface area contributed by atoms with Crippen LogP contribution < -0.4 is 14.8 Å². The quantitative estimate of drug-likeness (QED) is 0.593. The van der Waals surface area contributed by atoms with Crippen LogP contribution in [0, 0.1) is 0 Å². The minimum Gasteiger partial charge on any atom is -0.486 e. The van der Waals surface area contributed by atoms with Gasteiger partial charge in [0.25, 0.3) is 0 Å². The lowest BCUT2D eigenvalue weighted by atomic mass is 10.2. The minimum absolute atomic E-state index is 0.536. The topological polar surface area (TPSA) is 69.4 Å². The third-order valence-corrected chi connectivity index (χ3v) is 4.15. The molecule has 0 saturated carbocycles. The van der Waals surface area contributed by atoms with Crippen LogP contribution in [-0.2, 0) is 0 Å². The van der Waals surface area contributed by atoms with Crippen LogP contribution in [0.5, 0.6) is 11.5 Å². The molecule has 6 nitrogen and oxygen atoms in total. The molecule has 0 saturated heterocycles. The summed E-state index contributed by atoms with van der Waals surface area (Å²) in [7, 11) is 0. The molecule has 3 heterocycles. The van der Waals surface area contributed by atoms with E-state index in [0.717, 1.165) is 28.1 Å². The Balaban J connectivity index is 1.59. The summed E-state index contributed by atoms with van der Waals surface area (Å²) >= 11 is 0. The number of nitrogens with one attached hydrogen (secondary N) is 1. The third-order valence-electron chi connectivity index (χ3n) is 4.15. The summed E-state index contributed by atoms with van der Waals surface area (Å²) < 4.78 is 16.7. The van der Waals surface area contributed by atoms with Gasteiger partial charge in [-0.2, -0.15) is 0 Å². The second-order valence-corrected chi connectivity index (χ2v) is 5.87. The van der Waals surface area contributed by atoms with Crippen LogP contribution in [-0.4, -0.2) is 23.2 Å². The molecule has 1 aliphatic rings. The molecule has 2 aromatic heterocycles. The molecular weight excluding hydrogens is 330 g/mol. The average molecular weight is 345 g/mol. The van der Waals surface area contributed by atoms with Gasteiger partial charge in [-0.3, -0.25) is 0 Å². The molecule has 2 aromatic carbocycles. The first-order chi connectivity index (χ1) is 12.9. The van der Waals surface area contributed by atoms with E-state index >= 15 is 0 Å². The molecule has 0 aliphatic carbocycles. The first-order valence-corrected chi connectivity index (χ1v) is 8.34. The number of benzene rings is 2. The molecule has 0 unspecified atom stereocenters. The van der Waals surface area contributed by atoms with Gasteiger partial charge >= 0.3 is 0 Å². The Morgan fingerprint density at radius 1 is 0.846 bits per heavy atom. The van der Waals surface area contributed by atoms with Gasteiger partial charge in [0.05, 0.1) is 11.8 Å². The van der Waals surface area contributed by atoms with Crippen LogP contribution in [0.15, 0.2) is 65.3 Å². The number of nitrogens with zero attached hydrogens (tertiary/aromatic N) is 2. The number of ether oxygens (including phenoxy) is 2. The summed E-state index contributed by atoms with van der Waals surface area (Å²) in [6.07, 6.45) is 1.61. The Kier molecular flexibility index (Phi) is 3.45. The molecule has 128 valence electrons. The van der Waals surface area contributed by atoms with Gasteiger partial charge in [0.2, 0.25) is 0 Å². The van der Waals surface area contributed by atoms with Crippen molar-refractivity contribution in [2.24, 2.45) is 0 Å². The Bertz CT molecular complexity index is 1080. The van der Waals surface area contributed by atoms with Gasteiger partial charge < -0.3 is 19.2 Å². The fourth-order valence-electron chi connectivity index (χ4n) is 2.95. The number of rotatable bonds is 3. The number of furan rings is 1. The maximum absolute atomic E-state index is 5.66. The number of hydrogen-bond acceptors (Lipinski definition) is 6. The molecule has 5 rings (SSSR count). The molecule has 26 heavy (non-hydrogen) atoms. The Morgan fingerprint density at radius 3 is 2.62 bits per heavy atom. The number of fused-ring (bicyclic) bond motifs is 2. The van der Waals surface area contributed by atoms with Crippen LogP contribution in [0.2, 0.25) is 0 Å². The van der Waals surface area contributed by atoms with E-state index in [9.17, 15) is 0 Å². The maximum atomic E-state index is 5.66. The number of anilines is 2. The Labute approximate surface area is 149 Å². The van der Waals surface area contributed by atoms with Crippen LogP contribution >= 0.6 is 0 Å². The SMILES string of the molecule is c1coc(-c2nc(Nc3ccc4c(c3)OCCO4)c3ccccc3n2)c1. The minimum atomic E-state index is 0.536. The summed E-state index contributed by atoms with van der Waals surface area (Å²) in [6, 6.07) is 17.3. The van der Waals surface area contributed by atoms with E-state index in [1.807, 2.05) is 54.6 Å². The molecule has 1 aliphatic heterocycles. The molecule has 0 amide bonds. The first-order valence-electron chi connectivity index (χ1n) is 8.34. The van der Waals surface area contributed by atoms with Crippen LogP contribution in [0.4, 0.5) is 11.5 Å². The highest BCUT2D eigenvalue weighted by Crippen LogP contribution is 2.34. The van der Waals surface area contributed by atoms with Gasteiger partial charge in [-0.05, 0) is 36.4 Å². The highest BCUT2D eigenvalue weighted by molar-refractivity contribution is 5.92. The number of hydrogen-bond donors (Lipinski definition) is 1. The molecule has 0 radical (unpaired) electrons. The van der Waals surface area contributed by atoms with Crippen molar-refractivity contribution in [3.8, 4) is 23.1 Å². The molecule has 0 fully saturated rings. The molecule has 0 atom stereocenters. The van der Waals surface area contributed by atoms with Crippen molar-refractivity contribution in [1.29, 1.82) is 0 Å². The lowest BCUT2D eigenvalue weighted by Crippen LogP contribution is -2.15. The summed E-state index contributed by atoms with van der Waals surface area (Å²) in [5.74, 6) is 3.35. The van der Waals surface area contributed by atoms with Gasteiger partial charge in [0, 0.05) is 17.1 Å². The number of para-hydroxylation sites is 1. The van der Waals surface area contributed by atoms with E-state index in [1.165, 1.54) is 0 Å². The smallest absolute Gasteiger partial charge is 0.198 e. The van der Waals surface area contributed by atoms with Crippen LogP contribution in [0.25, 0.3) is 22.5 Å². The van der Waals surface area contributed by atoms with Crippen LogP contribution in [0.1, 0.15) is 0 Å². The van der Waals surface area contributed by atoms with E-state index in [2.05, 4.69) is 15.3 Å². The van der Waals surface area contributed by atoms with Crippen molar-refractivity contribution in [3.05, 3.63) is 60.9 Å². The first kappa shape index (κ1) is 14.8. The predicted octanol–water partition coefficient (Wildman–Crippen LogP) is 4.40. The predicted molar refractivity (Wildman–Crippen MR) is 98.0 cm³/mol. The monoisotopic (exact) mass is 345 g/mol. The van der Waals surface area contributed by atoms with E-state index in [4.69, 9.17) is 13.9 Å². The van der Waals surface area contributed by atoms with Crippen molar-refractivity contribution in [1.82, 2.24) is 9.97 Å². The second-order valence-electron chi connectivity index (χ2n) is 5.87. The second kappa shape index (κ2) is 6.07. The van der Waals surface area contributed by atoms with Gasteiger partial charge in [0.15, 0.2) is 23.1 Å². The third kappa shape index (κ3) is 2.61.